The highest BCUT2D eigenvalue weighted by molar-refractivity contribution is 5.89. The third-order valence-corrected chi connectivity index (χ3v) is 21.4. The van der Waals surface area contributed by atoms with Gasteiger partial charge in [-0.05, 0) is 100 Å². The Balaban J connectivity index is 1.14. The number of fused-ring (bicyclic) bond motifs is 7. The van der Waals surface area contributed by atoms with Crippen LogP contribution in [-0.2, 0) is 52.3 Å². The van der Waals surface area contributed by atoms with Crippen molar-refractivity contribution in [3.63, 3.8) is 0 Å². The molecular weight excluding hydrogens is 1050 g/mol. The van der Waals surface area contributed by atoms with Crippen molar-refractivity contribution in [2.75, 3.05) is 19.8 Å². The van der Waals surface area contributed by atoms with Crippen LogP contribution in [0, 0.1) is 50.2 Å². The standard InChI is InChI=1S/C57H88O23/c1-12-24(3)47(71)79-44-45(80-48(72)25(4)13-2)57(23-60)27(20-52(44,5)6)26-14-15-31-54(9)18-17-32(53(7,8)30(54)16-19-55(31,10)56(26,11)42(67)43(57)68)75-51-41(78-50-37(65)35(63)33(61)28(21-58)73-50)39(38(66)40(77-51)46(69)70)76-49-36(64)34(62)29(22-59)74-49/h12-14,27-45,49-51,58-68H,15-23H2,1-11H3,(H,69,70)/t27?,28?,29?,30?,31?,32-,33?,34?,35?,36?,37?,38?,39+,40?,41?,42?,43?,44?,45?,49+,50?,51?,54?,55?,56?,57?/m1/s1. The molecule has 0 aromatic carbocycles. The lowest BCUT2D eigenvalue weighted by atomic mass is 9.32. The van der Waals surface area contributed by atoms with Gasteiger partial charge < -0.3 is 99.2 Å². The third kappa shape index (κ3) is 9.76. The SMILES string of the molecule is CC=C(C)C(=O)OC1C(OC(=O)C(C)=CC)C2(CO)C(CC1(C)C)C1=CCC3C4(C)CC[C@@H](OC5OC(C(=O)O)C(O)[C@H](O[C@@H]6OC(CO)C(O)C6O)C5OC5OC(CO)C(O)C(O)C5O)C(C)(C)C4CCC3(C)C1(C)C(O)C2O. The summed E-state index contributed by atoms with van der Waals surface area (Å²) in [4.78, 5) is 40.3. The largest absolute Gasteiger partial charge is 0.479 e. The minimum atomic E-state index is -2.13. The van der Waals surface area contributed by atoms with Crippen LogP contribution in [0.15, 0.2) is 34.9 Å². The average Bonchev–Trinajstić information content (AvgIpc) is 3.72. The smallest absolute Gasteiger partial charge is 0.335 e. The second kappa shape index (κ2) is 22.7. The molecule has 0 amide bonds. The summed E-state index contributed by atoms with van der Waals surface area (Å²) in [6.45, 7) is 18.4. The summed E-state index contributed by atoms with van der Waals surface area (Å²) in [5, 5.41) is 134. The van der Waals surface area contributed by atoms with Gasteiger partial charge in [0.25, 0.3) is 0 Å². The fourth-order valence-electron chi connectivity index (χ4n) is 16.2. The number of allylic oxidation sites excluding steroid dienone is 3. The highest BCUT2D eigenvalue weighted by Crippen LogP contribution is 2.76. The molecule has 3 aliphatic heterocycles. The van der Waals surface area contributed by atoms with Crippen LogP contribution in [0.5, 0.6) is 0 Å². The van der Waals surface area contributed by atoms with Crippen molar-refractivity contribution >= 4 is 17.9 Å². The Morgan fingerprint density at radius 3 is 1.71 bits per heavy atom. The molecule has 12 N–H and O–H groups in total. The normalized spacial score (nSPS) is 49.0. The second-order valence-corrected chi connectivity index (χ2v) is 26.0. The summed E-state index contributed by atoms with van der Waals surface area (Å²) < 4.78 is 49.0. The van der Waals surface area contributed by atoms with E-state index in [9.17, 15) is 75.7 Å². The number of hydrogen-bond donors (Lipinski definition) is 12. The molecule has 8 aliphatic rings. The number of carboxylic acid groups (broad SMARTS) is 1. The van der Waals surface area contributed by atoms with E-state index in [4.69, 9.17) is 37.9 Å². The van der Waals surface area contributed by atoms with Crippen molar-refractivity contribution in [3.8, 4) is 0 Å². The molecule has 5 aliphatic carbocycles. The van der Waals surface area contributed by atoms with E-state index in [2.05, 4.69) is 19.9 Å². The predicted molar refractivity (Wildman–Crippen MR) is 277 cm³/mol. The van der Waals surface area contributed by atoms with E-state index in [0.717, 1.165) is 5.57 Å². The van der Waals surface area contributed by atoms with E-state index >= 15 is 0 Å². The van der Waals surface area contributed by atoms with Gasteiger partial charge in [0.1, 0.15) is 67.1 Å². The first-order chi connectivity index (χ1) is 37.3. The first-order valence-corrected chi connectivity index (χ1v) is 28.1. The van der Waals surface area contributed by atoms with Crippen molar-refractivity contribution in [2.24, 2.45) is 50.2 Å². The molecule has 0 aromatic rings. The van der Waals surface area contributed by atoms with Crippen LogP contribution in [0.3, 0.4) is 0 Å². The first-order valence-electron chi connectivity index (χ1n) is 28.1. The maximum atomic E-state index is 13.9. The van der Waals surface area contributed by atoms with E-state index in [1.54, 1.807) is 39.8 Å². The highest BCUT2D eigenvalue weighted by atomic mass is 16.8. The molecule has 0 spiro atoms. The molecule has 23 unspecified atom stereocenters. The molecule has 26 atom stereocenters. The van der Waals surface area contributed by atoms with Crippen LogP contribution >= 0.6 is 0 Å². The summed E-state index contributed by atoms with van der Waals surface area (Å²) in [6, 6.07) is 0. The monoisotopic (exact) mass is 1140 g/mol. The van der Waals surface area contributed by atoms with Crippen LogP contribution in [-0.4, -0.2) is 216 Å². The van der Waals surface area contributed by atoms with Gasteiger partial charge >= 0.3 is 17.9 Å². The number of aliphatic carboxylic acids is 1. The van der Waals surface area contributed by atoms with Crippen LogP contribution in [0.25, 0.3) is 0 Å². The van der Waals surface area contributed by atoms with Crippen molar-refractivity contribution in [3.05, 3.63) is 34.9 Å². The molecule has 7 fully saturated rings. The molecule has 8 rings (SSSR count). The van der Waals surface area contributed by atoms with Gasteiger partial charge in [-0.1, -0.05) is 72.3 Å². The number of aliphatic hydroxyl groups is 11. The Morgan fingerprint density at radius 1 is 0.637 bits per heavy atom. The zero-order valence-corrected chi connectivity index (χ0v) is 47.7. The third-order valence-electron chi connectivity index (χ3n) is 21.4. The van der Waals surface area contributed by atoms with E-state index in [0.29, 0.717) is 37.7 Å². The number of aliphatic hydroxyl groups excluding tert-OH is 11. The van der Waals surface area contributed by atoms with Crippen LogP contribution in [0.1, 0.15) is 115 Å². The number of carboxylic acids is 1. The van der Waals surface area contributed by atoms with Crippen molar-refractivity contribution < 1.29 is 114 Å². The van der Waals surface area contributed by atoms with Gasteiger partial charge in [0, 0.05) is 22.0 Å². The Kier molecular flexibility index (Phi) is 17.9. The van der Waals surface area contributed by atoms with E-state index in [1.807, 2.05) is 34.6 Å². The molecule has 3 heterocycles. The summed E-state index contributed by atoms with van der Waals surface area (Å²) >= 11 is 0. The second-order valence-electron chi connectivity index (χ2n) is 26.0. The van der Waals surface area contributed by atoms with Gasteiger partial charge in [0.15, 0.2) is 31.1 Å². The number of carbonyl (C=O) groups excluding carboxylic acids is 2. The Labute approximate surface area is 466 Å². The Bertz CT molecular complexity index is 2390. The predicted octanol–water partition coefficient (Wildman–Crippen LogP) is 0.263. The average molecular weight is 1140 g/mol. The van der Waals surface area contributed by atoms with Crippen molar-refractivity contribution in [1.82, 2.24) is 0 Å². The van der Waals surface area contributed by atoms with Gasteiger partial charge in [0.2, 0.25) is 0 Å². The molecule has 0 aromatic heterocycles. The molecule has 4 saturated carbocycles. The summed E-state index contributed by atoms with van der Waals surface area (Å²) in [6.07, 6.45) is -24.0. The highest BCUT2D eigenvalue weighted by Gasteiger charge is 2.76. The number of ether oxygens (including phenoxy) is 8. The van der Waals surface area contributed by atoms with Crippen LogP contribution in [0.2, 0.25) is 0 Å². The maximum absolute atomic E-state index is 13.9. The molecule has 3 saturated heterocycles. The zero-order chi connectivity index (χ0) is 59.3. The quantitative estimate of drug-likeness (QED) is 0.0480. The van der Waals surface area contributed by atoms with Crippen LogP contribution in [0.4, 0.5) is 0 Å². The fourth-order valence-corrected chi connectivity index (χ4v) is 16.2. The minimum absolute atomic E-state index is 0.153. The zero-order valence-electron chi connectivity index (χ0n) is 47.7. The van der Waals surface area contributed by atoms with Crippen LogP contribution < -0.4 is 0 Å². The fraction of sp³-hybridized carbons (Fsp3) is 0.842. The van der Waals surface area contributed by atoms with Crippen molar-refractivity contribution in [1.29, 1.82) is 0 Å². The topological polar surface area (TPSA) is 368 Å². The molecule has 23 heteroatoms. The minimum Gasteiger partial charge on any atom is -0.479 e. The molecular formula is C57H88O23. The van der Waals surface area contributed by atoms with E-state index in [1.165, 1.54) is 0 Å². The summed E-state index contributed by atoms with van der Waals surface area (Å²) in [5.74, 6) is -4.01. The van der Waals surface area contributed by atoms with E-state index in [-0.39, 0.29) is 23.8 Å². The summed E-state index contributed by atoms with van der Waals surface area (Å²) in [5.41, 5.74) is -4.40. The lowest BCUT2D eigenvalue weighted by Gasteiger charge is -2.73. The summed E-state index contributed by atoms with van der Waals surface area (Å²) in [7, 11) is 0. The van der Waals surface area contributed by atoms with Gasteiger partial charge in [0.05, 0.1) is 43.5 Å². The molecule has 454 valence electrons. The van der Waals surface area contributed by atoms with Gasteiger partial charge in [-0.2, -0.15) is 0 Å². The Morgan fingerprint density at radius 2 is 1.18 bits per heavy atom. The molecule has 23 nitrogen and oxygen atoms in total. The van der Waals surface area contributed by atoms with Crippen molar-refractivity contribution in [2.45, 2.75) is 231 Å². The molecule has 0 bridgehead atoms. The number of rotatable bonds is 14. The molecule has 0 radical (unpaired) electrons. The number of esters is 2. The lowest BCUT2D eigenvalue weighted by molar-refractivity contribution is -0.386. The van der Waals surface area contributed by atoms with Gasteiger partial charge in [-0.25, -0.2) is 14.4 Å². The number of carbonyl (C=O) groups is 3. The van der Waals surface area contributed by atoms with Gasteiger partial charge in [-0.3, -0.25) is 0 Å². The maximum Gasteiger partial charge on any atom is 0.335 e. The Hall–Kier alpha value is -3.05. The first kappa shape index (κ1) is 63.0. The lowest BCUT2D eigenvalue weighted by Crippen LogP contribution is -2.76. The van der Waals surface area contributed by atoms with Gasteiger partial charge in [-0.15, -0.1) is 0 Å². The van der Waals surface area contributed by atoms with E-state index < -0.39 is 193 Å². The number of hydrogen-bond acceptors (Lipinski definition) is 22. The molecule has 80 heavy (non-hydrogen) atoms.